The molecule has 2 aliphatic rings. The van der Waals surface area contributed by atoms with Crippen molar-refractivity contribution in [2.24, 2.45) is 0 Å². The highest BCUT2D eigenvalue weighted by molar-refractivity contribution is 5.52. The molecule has 2 atom stereocenters. The van der Waals surface area contributed by atoms with Crippen molar-refractivity contribution in [2.45, 2.75) is 44.6 Å². The summed E-state index contributed by atoms with van der Waals surface area (Å²) in [5.74, 6) is 1.59. The minimum atomic E-state index is 0.281. The highest BCUT2D eigenvalue weighted by Gasteiger charge is 2.36. The van der Waals surface area contributed by atoms with Crippen LogP contribution in [0.3, 0.4) is 0 Å². The van der Waals surface area contributed by atoms with E-state index in [0.717, 1.165) is 31.4 Å². The first-order valence-corrected chi connectivity index (χ1v) is 6.87. The summed E-state index contributed by atoms with van der Waals surface area (Å²) in [6, 6.07) is 4.51. The molecule has 0 amide bonds. The standard InChI is InChI=1S/C16H20O2/c1-11-9-12(5-2-3-8-17)16-14(10-11)13-6-4-7-15(13)18-16/h4,6,9-10,13,15,17H,2-3,5,7-8H2,1H3/t13-,15-/m1/s1. The average molecular weight is 244 g/mol. The maximum Gasteiger partial charge on any atom is 0.126 e. The van der Waals surface area contributed by atoms with E-state index >= 15 is 0 Å². The van der Waals surface area contributed by atoms with Gasteiger partial charge in [0.2, 0.25) is 0 Å². The normalized spacial score (nSPS) is 23.9. The molecule has 1 aliphatic heterocycles. The molecule has 1 aromatic rings. The van der Waals surface area contributed by atoms with Gasteiger partial charge in [-0.1, -0.05) is 29.8 Å². The van der Waals surface area contributed by atoms with Crippen LogP contribution in [0.25, 0.3) is 0 Å². The zero-order chi connectivity index (χ0) is 12.5. The van der Waals surface area contributed by atoms with Crippen LogP contribution in [0.1, 0.15) is 41.9 Å². The van der Waals surface area contributed by atoms with Crippen LogP contribution in [0.5, 0.6) is 5.75 Å². The van der Waals surface area contributed by atoms with Crippen LogP contribution >= 0.6 is 0 Å². The summed E-state index contributed by atoms with van der Waals surface area (Å²) in [5.41, 5.74) is 4.01. The summed E-state index contributed by atoms with van der Waals surface area (Å²) in [6.07, 6.45) is 8.79. The molecule has 0 saturated carbocycles. The number of aryl methyl sites for hydroxylation is 2. The molecule has 18 heavy (non-hydrogen) atoms. The van der Waals surface area contributed by atoms with Crippen LogP contribution < -0.4 is 4.74 Å². The Labute approximate surface area is 108 Å². The van der Waals surface area contributed by atoms with Gasteiger partial charge in [0.25, 0.3) is 0 Å². The van der Waals surface area contributed by atoms with E-state index in [0.29, 0.717) is 12.0 Å². The van der Waals surface area contributed by atoms with Crippen LogP contribution in [-0.2, 0) is 6.42 Å². The first kappa shape index (κ1) is 11.8. The lowest BCUT2D eigenvalue weighted by Gasteiger charge is -2.11. The van der Waals surface area contributed by atoms with Crippen LogP contribution in [0.15, 0.2) is 24.3 Å². The third-order valence-corrected chi connectivity index (χ3v) is 3.93. The predicted molar refractivity (Wildman–Crippen MR) is 72.1 cm³/mol. The molecule has 1 aliphatic carbocycles. The van der Waals surface area contributed by atoms with Gasteiger partial charge in [0, 0.05) is 24.5 Å². The first-order chi connectivity index (χ1) is 8.79. The minimum absolute atomic E-state index is 0.281. The average Bonchev–Trinajstić information content (AvgIpc) is 2.91. The fourth-order valence-corrected chi connectivity index (χ4v) is 3.09. The summed E-state index contributed by atoms with van der Waals surface area (Å²) in [6.45, 7) is 2.44. The van der Waals surface area contributed by atoms with Crippen LogP contribution in [0.4, 0.5) is 0 Å². The third-order valence-electron chi connectivity index (χ3n) is 3.93. The van der Waals surface area contributed by atoms with E-state index in [1.54, 1.807) is 0 Å². The van der Waals surface area contributed by atoms with Gasteiger partial charge in [-0.15, -0.1) is 0 Å². The molecule has 0 unspecified atom stereocenters. The van der Waals surface area contributed by atoms with Gasteiger partial charge in [-0.3, -0.25) is 0 Å². The fourth-order valence-electron chi connectivity index (χ4n) is 3.09. The molecule has 0 bridgehead atoms. The van der Waals surface area contributed by atoms with E-state index in [1.165, 1.54) is 16.7 Å². The molecular weight excluding hydrogens is 224 g/mol. The summed E-state index contributed by atoms with van der Waals surface area (Å²) in [7, 11) is 0. The molecule has 0 radical (unpaired) electrons. The smallest absolute Gasteiger partial charge is 0.126 e. The summed E-state index contributed by atoms with van der Waals surface area (Å²) < 4.78 is 6.12. The van der Waals surface area contributed by atoms with Gasteiger partial charge in [0.05, 0.1) is 0 Å². The van der Waals surface area contributed by atoms with Crippen molar-refractivity contribution in [1.82, 2.24) is 0 Å². The molecule has 2 heteroatoms. The van der Waals surface area contributed by atoms with E-state index in [-0.39, 0.29) is 6.61 Å². The number of benzene rings is 1. The number of fused-ring (bicyclic) bond motifs is 3. The van der Waals surface area contributed by atoms with E-state index in [9.17, 15) is 0 Å². The Morgan fingerprint density at radius 2 is 2.22 bits per heavy atom. The molecular formula is C16H20O2. The zero-order valence-electron chi connectivity index (χ0n) is 10.9. The van der Waals surface area contributed by atoms with Gasteiger partial charge in [-0.25, -0.2) is 0 Å². The van der Waals surface area contributed by atoms with E-state index in [2.05, 4.69) is 31.2 Å². The number of hydrogen-bond acceptors (Lipinski definition) is 2. The number of aliphatic hydroxyl groups is 1. The molecule has 3 rings (SSSR count). The third kappa shape index (κ3) is 1.95. The molecule has 0 aromatic heterocycles. The quantitative estimate of drug-likeness (QED) is 0.651. The lowest BCUT2D eigenvalue weighted by atomic mass is 9.93. The summed E-state index contributed by atoms with van der Waals surface area (Å²) in [4.78, 5) is 0. The Balaban J connectivity index is 1.89. The topological polar surface area (TPSA) is 29.5 Å². The van der Waals surface area contributed by atoms with Crippen LogP contribution in [0, 0.1) is 6.92 Å². The van der Waals surface area contributed by atoms with Gasteiger partial charge in [0.15, 0.2) is 0 Å². The maximum atomic E-state index is 8.88. The number of rotatable bonds is 4. The van der Waals surface area contributed by atoms with E-state index in [1.807, 2.05) is 0 Å². The Morgan fingerprint density at radius 3 is 3.06 bits per heavy atom. The Kier molecular flexibility index (Phi) is 3.13. The molecule has 0 fully saturated rings. The molecule has 0 saturated heterocycles. The van der Waals surface area contributed by atoms with Crippen molar-refractivity contribution in [3.8, 4) is 5.75 Å². The Morgan fingerprint density at radius 1 is 1.33 bits per heavy atom. The highest BCUT2D eigenvalue weighted by atomic mass is 16.5. The monoisotopic (exact) mass is 244 g/mol. The second kappa shape index (κ2) is 4.77. The zero-order valence-corrected chi connectivity index (χ0v) is 10.9. The minimum Gasteiger partial charge on any atom is -0.489 e. The lowest BCUT2D eigenvalue weighted by molar-refractivity contribution is 0.230. The van der Waals surface area contributed by atoms with Crippen molar-refractivity contribution >= 4 is 0 Å². The summed E-state index contributed by atoms with van der Waals surface area (Å²) >= 11 is 0. The van der Waals surface area contributed by atoms with Crippen molar-refractivity contribution in [3.63, 3.8) is 0 Å². The van der Waals surface area contributed by atoms with Gasteiger partial charge in [0.1, 0.15) is 11.9 Å². The predicted octanol–water partition coefficient (Wildman–Crippen LogP) is 3.11. The van der Waals surface area contributed by atoms with Crippen molar-refractivity contribution in [1.29, 1.82) is 0 Å². The Hall–Kier alpha value is -1.28. The van der Waals surface area contributed by atoms with Crippen molar-refractivity contribution in [2.75, 3.05) is 6.61 Å². The van der Waals surface area contributed by atoms with Crippen LogP contribution in [0.2, 0.25) is 0 Å². The highest BCUT2D eigenvalue weighted by Crippen LogP contribution is 2.46. The molecule has 1 N–H and O–H groups in total. The largest absolute Gasteiger partial charge is 0.489 e. The SMILES string of the molecule is Cc1cc(CCCCO)c2c(c1)[C@H]1C=CC[C@H]1O2. The van der Waals surface area contributed by atoms with Crippen LogP contribution in [-0.4, -0.2) is 17.8 Å². The Bertz CT molecular complexity index is 476. The van der Waals surface area contributed by atoms with E-state index < -0.39 is 0 Å². The molecule has 0 spiro atoms. The second-order valence-electron chi connectivity index (χ2n) is 5.37. The molecule has 1 heterocycles. The fraction of sp³-hybridized carbons (Fsp3) is 0.500. The molecule has 2 nitrogen and oxygen atoms in total. The second-order valence-corrected chi connectivity index (χ2v) is 5.37. The first-order valence-electron chi connectivity index (χ1n) is 6.87. The maximum absolute atomic E-state index is 8.88. The number of ether oxygens (including phenoxy) is 1. The summed E-state index contributed by atoms with van der Waals surface area (Å²) in [5, 5.41) is 8.88. The molecule has 1 aromatic carbocycles. The van der Waals surface area contributed by atoms with Gasteiger partial charge < -0.3 is 9.84 Å². The number of aliphatic hydroxyl groups excluding tert-OH is 1. The van der Waals surface area contributed by atoms with Gasteiger partial charge >= 0.3 is 0 Å². The van der Waals surface area contributed by atoms with E-state index in [4.69, 9.17) is 9.84 Å². The van der Waals surface area contributed by atoms with Crippen molar-refractivity contribution in [3.05, 3.63) is 41.0 Å². The van der Waals surface area contributed by atoms with Crippen molar-refractivity contribution < 1.29 is 9.84 Å². The van der Waals surface area contributed by atoms with Gasteiger partial charge in [-0.2, -0.15) is 0 Å². The molecule has 96 valence electrons. The lowest BCUT2D eigenvalue weighted by Crippen LogP contribution is -2.11. The number of hydrogen-bond donors (Lipinski definition) is 1. The van der Waals surface area contributed by atoms with Gasteiger partial charge in [-0.05, 0) is 31.7 Å². The number of unbranched alkanes of at least 4 members (excludes halogenated alkanes) is 1.